The molecular formula is C11H26N2O. The molecule has 0 saturated heterocycles. The summed E-state index contributed by atoms with van der Waals surface area (Å²) < 4.78 is 5.10. The van der Waals surface area contributed by atoms with Gasteiger partial charge in [-0.15, -0.1) is 0 Å². The van der Waals surface area contributed by atoms with Crippen molar-refractivity contribution in [2.75, 3.05) is 33.4 Å². The Morgan fingerprint density at radius 2 is 1.93 bits per heavy atom. The van der Waals surface area contributed by atoms with Gasteiger partial charge in [-0.05, 0) is 25.8 Å². The molecule has 0 radical (unpaired) electrons. The zero-order valence-electron chi connectivity index (χ0n) is 10.3. The summed E-state index contributed by atoms with van der Waals surface area (Å²) in [4.78, 5) is 2.41. The summed E-state index contributed by atoms with van der Waals surface area (Å²) in [7, 11) is 1.74. The predicted octanol–water partition coefficient (Wildman–Crippen LogP) is 1.33. The van der Waals surface area contributed by atoms with Gasteiger partial charge in [0.05, 0.1) is 6.61 Å². The standard InChI is InChI=1S/C11H26N2O/c1-10(2)13(6-7-14-5)9-11(3,4)8-12/h10H,6-9,12H2,1-5H3. The zero-order valence-corrected chi connectivity index (χ0v) is 10.3. The summed E-state index contributed by atoms with van der Waals surface area (Å²) in [5.74, 6) is 0. The molecule has 0 atom stereocenters. The van der Waals surface area contributed by atoms with Gasteiger partial charge in [-0.1, -0.05) is 13.8 Å². The highest BCUT2D eigenvalue weighted by Crippen LogP contribution is 2.16. The van der Waals surface area contributed by atoms with Gasteiger partial charge in [-0.25, -0.2) is 0 Å². The highest BCUT2D eigenvalue weighted by molar-refractivity contribution is 4.76. The first-order chi connectivity index (χ1) is 6.43. The molecule has 3 nitrogen and oxygen atoms in total. The summed E-state index contributed by atoms with van der Waals surface area (Å²) in [6.07, 6.45) is 0. The summed E-state index contributed by atoms with van der Waals surface area (Å²) in [5, 5.41) is 0. The third-order valence-electron chi connectivity index (χ3n) is 2.50. The summed E-state index contributed by atoms with van der Waals surface area (Å²) in [5.41, 5.74) is 5.92. The SMILES string of the molecule is COCCN(CC(C)(C)CN)C(C)C. The van der Waals surface area contributed by atoms with E-state index in [1.54, 1.807) is 7.11 Å². The predicted molar refractivity (Wildman–Crippen MR) is 61.4 cm³/mol. The molecule has 0 spiro atoms. The van der Waals surface area contributed by atoms with Crippen LogP contribution in [-0.4, -0.2) is 44.3 Å². The summed E-state index contributed by atoms with van der Waals surface area (Å²) in [6.45, 7) is 12.4. The topological polar surface area (TPSA) is 38.5 Å². The first-order valence-corrected chi connectivity index (χ1v) is 5.36. The average Bonchev–Trinajstić information content (AvgIpc) is 2.12. The van der Waals surface area contributed by atoms with E-state index in [0.29, 0.717) is 6.04 Å². The van der Waals surface area contributed by atoms with Crippen LogP contribution in [0.4, 0.5) is 0 Å². The molecule has 0 fully saturated rings. The minimum absolute atomic E-state index is 0.192. The van der Waals surface area contributed by atoms with Crippen LogP contribution in [0.2, 0.25) is 0 Å². The van der Waals surface area contributed by atoms with Crippen molar-refractivity contribution in [3.63, 3.8) is 0 Å². The van der Waals surface area contributed by atoms with E-state index in [1.165, 1.54) is 0 Å². The Bertz CT molecular complexity index is 146. The Labute approximate surface area is 88.6 Å². The molecule has 0 aromatic heterocycles. The van der Waals surface area contributed by atoms with Gasteiger partial charge in [-0.2, -0.15) is 0 Å². The van der Waals surface area contributed by atoms with E-state index in [4.69, 9.17) is 10.5 Å². The van der Waals surface area contributed by atoms with Crippen LogP contribution in [0.3, 0.4) is 0 Å². The van der Waals surface area contributed by atoms with E-state index >= 15 is 0 Å². The van der Waals surface area contributed by atoms with Crippen molar-refractivity contribution in [3.8, 4) is 0 Å². The molecule has 0 aliphatic heterocycles. The average molecular weight is 202 g/mol. The van der Waals surface area contributed by atoms with Crippen LogP contribution < -0.4 is 5.73 Å². The third kappa shape index (κ3) is 5.58. The van der Waals surface area contributed by atoms with Crippen LogP contribution in [0.5, 0.6) is 0 Å². The van der Waals surface area contributed by atoms with Gasteiger partial charge < -0.3 is 10.5 Å². The highest BCUT2D eigenvalue weighted by Gasteiger charge is 2.21. The zero-order chi connectivity index (χ0) is 11.2. The van der Waals surface area contributed by atoms with Crippen molar-refractivity contribution < 1.29 is 4.74 Å². The van der Waals surface area contributed by atoms with Crippen molar-refractivity contribution in [2.24, 2.45) is 11.1 Å². The van der Waals surface area contributed by atoms with Crippen molar-refractivity contribution in [3.05, 3.63) is 0 Å². The second-order valence-corrected chi connectivity index (χ2v) is 4.93. The van der Waals surface area contributed by atoms with Crippen LogP contribution in [0.25, 0.3) is 0 Å². The monoisotopic (exact) mass is 202 g/mol. The second kappa shape index (κ2) is 6.38. The molecule has 0 aliphatic rings. The van der Waals surface area contributed by atoms with Gasteiger partial charge in [0.2, 0.25) is 0 Å². The first-order valence-electron chi connectivity index (χ1n) is 5.36. The Morgan fingerprint density at radius 1 is 1.36 bits per heavy atom. The van der Waals surface area contributed by atoms with E-state index in [2.05, 4.69) is 32.6 Å². The fraction of sp³-hybridized carbons (Fsp3) is 1.00. The molecule has 0 amide bonds. The maximum Gasteiger partial charge on any atom is 0.0589 e. The molecule has 0 heterocycles. The smallest absolute Gasteiger partial charge is 0.0589 e. The van der Waals surface area contributed by atoms with Crippen LogP contribution in [0, 0.1) is 5.41 Å². The van der Waals surface area contributed by atoms with Gasteiger partial charge in [0.15, 0.2) is 0 Å². The van der Waals surface area contributed by atoms with E-state index < -0.39 is 0 Å². The number of hydrogen-bond acceptors (Lipinski definition) is 3. The van der Waals surface area contributed by atoms with Crippen LogP contribution >= 0.6 is 0 Å². The maximum absolute atomic E-state index is 5.73. The molecule has 0 unspecified atom stereocenters. The van der Waals surface area contributed by atoms with Gasteiger partial charge in [0.25, 0.3) is 0 Å². The number of methoxy groups -OCH3 is 1. The van der Waals surface area contributed by atoms with Crippen molar-refractivity contribution >= 4 is 0 Å². The van der Waals surface area contributed by atoms with Crippen LogP contribution in [0.15, 0.2) is 0 Å². The van der Waals surface area contributed by atoms with Crippen molar-refractivity contribution in [1.29, 1.82) is 0 Å². The molecule has 3 heteroatoms. The Morgan fingerprint density at radius 3 is 2.29 bits per heavy atom. The van der Waals surface area contributed by atoms with Gasteiger partial charge in [-0.3, -0.25) is 4.90 Å². The lowest BCUT2D eigenvalue weighted by atomic mass is 9.92. The van der Waals surface area contributed by atoms with E-state index in [9.17, 15) is 0 Å². The largest absolute Gasteiger partial charge is 0.383 e. The van der Waals surface area contributed by atoms with Crippen LogP contribution in [0.1, 0.15) is 27.7 Å². The Hall–Kier alpha value is -0.120. The van der Waals surface area contributed by atoms with Gasteiger partial charge in [0.1, 0.15) is 0 Å². The molecule has 0 bridgehead atoms. The Kier molecular flexibility index (Phi) is 6.33. The Balaban J connectivity index is 4.08. The quantitative estimate of drug-likeness (QED) is 0.677. The van der Waals surface area contributed by atoms with E-state index in [1.807, 2.05) is 0 Å². The fourth-order valence-electron chi connectivity index (χ4n) is 1.34. The fourth-order valence-corrected chi connectivity index (χ4v) is 1.34. The molecule has 0 rings (SSSR count). The molecule has 0 aromatic carbocycles. The second-order valence-electron chi connectivity index (χ2n) is 4.93. The lowest BCUT2D eigenvalue weighted by molar-refractivity contribution is 0.0989. The minimum Gasteiger partial charge on any atom is -0.383 e. The lowest BCUT2D eigenvalue weighted by Gasteiger charge is -2.34. The number of hydrogen-bond donors (Lipinski definition) is 1. The summed E-state index contributed by atoms with van der Waals surface area (Å²) >= 11 is 0. The summed E-state index contributed by atoms with van der Waals surface area (Å²) in [6, 6.07) is 0.552. The molecule has 0 aromatic rings. The lowest BCUT2D eigenvalue weighted by Crippen LogP contribution is -2.43. The molecule has 14 heavy (non-hydrogen) atoms. The molecule has 0 saturated carbocycles. The number of rotatable bonds is 7. The van der Waals surface area contributed by atoms with Gasteiger partial charge >= 0.3 is 0 Å². The van der Waals surface area contributed by atoms with Crippen molar-refractivity contribution in [2.45, 2.75) is 33.7 Å². The number of ether oxygens (including phenoxy) is 1. The minimum atomic E-state index is 0.192. The van der Waals surface area contributed by atoms with Crippen molar-refractivity contribution in [1.82, 2.24) is 4.90 Å². The maximum atomic E-state index is 5.73. The molecular weight excluding hydrogens is 176 g/mol. The van der Waals surface area contributed by atoms with E-state index in [-0.39, 0.29) is 5.41 Å². The molecule has 0 aliphatic carbocycles. The van der Waals surface area contributed by atoms with Gasteiger partial charge in [0, 0.05) is 26.2 Å². The highest BCUT2D eigenvalue weighted by atomic mass is 16.5. The normalized spacial score (nSPS) is 12.9. The number of nitrogens with two attached hydrogens (primary N) is 1. The molecule has 86 valence electrons. The molecule has 2 N–H and O–H groups in total. The third-order valence-corrected chi connectivity index (χ3v) is 2.50. The van der Waals surface area contributed by atoms with E-state index in [0.717, 1.165) is 26.2 Å². The number of nitrogens with zero attached hydrogens (tertiary/aromatic N) is 1. The first kappa shape index (κ1) is 13.9. The van der Waals surface area contributed by atoms with Crippen LogP contribution in [-0.2, 0) is 4.74 Å².